The number of benzene rings is 1. The van der Waals surface area contributed by atoms with Gasteiger partial charge < -0.3 is 15.0 Å². The Morgan fingerprint density at radius 3 is 2.71 bits per heavy atom. The number of hydrogen-bond acceptors (Lipinski definition) is 3. The molecule has 2 N–H and O–H groups in total. The highest BCUT2D eigenvalue weighted by atomic mass is 19.4. The number of morpholine rings is 1. The second-order valence-corrected chi connectivity index (χ2v) is 5.73. The zero-order chi connectivity index (χ0) is 17.2. The molecule has 0 saturated carbocycles. The van der Waals surface area contributed by atoms with Crippen molar-refractivity contribution in [2.45, 2.75) is 12.6 Å². The SMILES string of the molecule is O=C(CCN1CCOCC1)Nc1ccc2[nH]c(C(F)(F)F)cc2c1. The molecule has 0 unspecified atom stereocenters. The maximum Gasteiger partial charge on any atom is 0.431 e. The van der Waals surface area contributed by atoms with Gasteiger partial charge in [0.05, 0.1) is 13.2 Å². The number of anilines is 1. The standard InChI is InChI=1S/C16H18F3N3O2/c17-16(18,19)14-10-11-9-12(1-2-13(11)21-14)20-15(23)3-4-22-5-7-24-8-6-22/h1-2,9-10,21H,3-8H2,(H,20,23). The highest BCUT2D eigenvalue weighted by Crippen LogP contribution is 2.31. The highest BCUT2D eigenvalue weighted by Gasteiger charge is 2.32. The van der Waals surface area contributed by atoms with Crippen LogP contribution in [0.15, 0.2) is 24.3 Å². The number of rotatable bonds is 4. The van der Waals surface area contributed by atoms with Gasteiger partial charge in [0.25, 0.3) is 0 Å². The number of amides is 1. The van der Waals surface area contributed by atoms with Gasteiger partial charge >= 0.3 is 6.18 Å². The van der Waals surface area contributed by atoms with E-state index in [4.69, 9.17) is 4.74 Å². The van der Waals surface area contributed by atoms with Crippen LogP contribution in [0.5, 0.6) is 0 Å². The van der Waals surface area contributed by atoms with E-state index in [0.717, 1.165) is 19.2 Å². The van der Waals surface area contributed by atoms with Gasteiger partial charge in [-0.2, -0.15) is 13.2 Å². The van der Waals surface area contributed by atoms with Crippen molar-refractivity contribution in [2.75, 3.05) is 38.2 Å². The Labute approximate surface area is 136 Å². The van der Waals surface area contributed by atoms with Crippen molar-refractivity contribution in [1.29, 1.82) is 0 Å². The number of aromatic amines is 1. The lowest BCUT2D eigenvalue weighted by molar-refractivity contribution is -0.140. The van der Waals surface area contributed by atoms with E-state index in [2.05, 4.69) is 15.2 Å². The quantitative estimate of drug-likeness (QED) is 0.899. The van der Waals surface area contributed by atoms with Crippen molar-refractivity contribution in [3.63, 3.8) is 0 Å². The van der Waals surface area contributed by atoms with Crippen LogP contribution in [0.1, 0.15) is 12.1 Å². The highest BCUT2D eigenvalue weighted by molar-refractivity contribution is 5.94. The molecular formula is C16H18F3N3O2. The van der Waals surface area contributed by atoms with E-state index in [1.165, 1.54) is 12.1 Å². The van der Waals surface area contributed by atoms with Gasteiger partial charge in [0.2, 0.25) is 5.91 Å². The predicted molar refractivity (Wildman–Crippen MR) is 83.8 cm³/mol. The van der Waals surface area contributed by atoms with E-state index in [0.29, 0.717) is 42.8 Å². The molecule has 0 radical (unpaired) electrons. The van der Waals surface area contributed by atoms with Crippen LogP contribution < -0.4 is 5.32 Å². The Balaban J connectivity index is 1.61. The molecule has 2 aromatic rings. The second-order valence-electron chi connectivity index (χ2n) is 5.73. The Bertz CT molecular complexity index is 721. The van der Waals surface area contributed by atoms with E-state index in [1.807, 2.05) is 0 Å². The minimum absolute atomic E-state index is 0.160. The topological polar surface area (TPSA) is 57.4 Å². The third kappa shape index (κ3) is 4.07. The van der Waals surface area contributed by atoms with Crippen molar-refractivity contribution >= 4 is 22.5 Å². The number of fused-ring (bicyclic) bond motifs is 1. The van der Waals surface area contributed by atoms with Gasteiger partial charge in [-0.1, -0.05) is 0 Å². The fourth-order valence-corrected chi connectivity index (χ4v) is 2.67. The van der Waals surface area contributed by atoms with Crippen molar-refractivity contribution < 1.29 is 22.7 Å². The molecule has 1 aliphatic rings. The predicted octanol–water partition coefficient (Wildman–Crippen LogP) is 2.85. The minimum atomic E-state index is -4.42. The van der Waals surface area contributed by atoms with Gasteiger partial charge in [-0.25, -0.2) is 0 Å². The smallest absolute Gasteiger partial charge is 0.379 e. The summed E-state index contributed by atoms with van der Waals surface area (Å²) < 4.78 is 43.3. The van der Waals surface area contributed by atoms with Gasteiger partial charge in [0.15, 0.2) is 0 Å². The van der Waals surface area contributed by atoms with Crippen LogP contribution in [0.2, 0.25) is 0 Å². The number of H-pyrrole nitrogens is 1. The lowest BCUT2D eigenvalue weighted by Crippen LogP contribution is -2.38. The average Bonchev–Trinajstić information content (AvgIpc) is 2.97. The molecule has 5 nitrogen and oxygen atoms in total. The van der Waals surface area contributed by atoms with E-state index in [1.54, 1.807) is 6.07 Å². The van der Waals surface area contributed by atoms with Gasteiger partial charge in [-0.3, -0.25) is 9.69 Å². The summed E-state index contributed by atoms with van der Waals surface area (Å²) in [4.78, 5) is 16.5. The maximum absolute atomic E-state index is 12.7. The number of alkyl halides is 3. The van der Waals surface area contributed by atoms with Crippen molar-refractivity contribution in [3.05, 3.63) is 30.0 Å². The first-order chi connectivity index (χ1) is 11.4. The van der Waals surface area contributed by atoms with Crippen LogP contribution in [-0.2, 0) is 15.7 Å². The molecule has 1 aliphatic heterocycles. The summed E-state index contributed by atoms with van der Waals surface area (Å²) in [5.74, 6) is -0.160. The van der Waals surface area contributed by atoms with Crippen molar-refractivity contribution in [3.8, 4) is 0 Å². The summed E-state index contributed by atoms with van der Waals surface area (Å²) in [6.45, 7) is 3.60. The van der Waals surface area contributed by atoms with Gasteiger partial charge in [0, 0.05) is 42.6 Å². The Hall–Kier alpha value is -2.06. The second kappa shape index (κ2) is 6.82. The molecule has 2 heterocycles. The molecule has 24 heavy (non-hydrogen) atoms. The molecular weight excluding hydrogens is 323 g/mol. The maximum atomic E-state index is 12.7. The Kier molecular flexibility index (Phi) is 4.77. The zero-order valence-corrected chi connectivity index (χ0v) is 12.9. The monoisotopic (exact) mass is 341 g/mol. The third-order valence-electron chi connectivity index (χ3n) is 3.97. The molecule has 0 aliphatic carbocycles. The largest absolute Gasteiger partial charge is 0.431 e. The van der Waals surface area contributed by atoms with Crippen molar-refractivity contribution in [2.24, 2.45) is 0 Å². The number of nitrogens with one attached hydrogen (secondary N) is 2. The average molecular weight is 341 g/mol. The molecule has 0 bridgehead atoms. The lowest BCUT2D eigenvalue weighted by atomic mass is 10.2. The van der Waals surface area contributed by atoms with E-state index >= 15 is 0 Å². The first kappa shape index (κ1) is 16.8. The van der Waals surface area contributed by atoms with E-state index in [9.17, 15) is 18.0 Å². The lowest BCUT2D eigenvalue weighted by Gasteiger charge is -2.26. The van der Waals surface area contributed by atoms with Crippen LogP contribution in [0, 0.1) is 0 Å². The fraction of sp³-hybridized carbons (Fsp3) is 0.438. The Morgan fingerprint density at radius 1 is 1.25 bits per heavy atom. The minimum Gasteiger partial charge on any atom is -0.379 e. The molecule has 130 valence electrons. The van der Waals surface area contributed by atoms with Gasteiger partial charge in [-0.05, 0) is 24.3 Å². The summed E-state index contributed by atoms with van der Waals surface area (Å²) in [7, 11) is 0. The Morgan fingerprint density at radius 2 is 2.00 bits per heavy atom. The van der Waals surface area contributed by atoms with E-state index in [-0.39, 0.29) is 5.91 Å². The summed E-state index contributed by atoms with van der Waals surface area (Å²) in [5, 5.41) is 3.14. The third-order valence-corrected chi connectivity index (χ3v) is 3.97. The van der Waals surface area contributed by atoms with Gasteiger partial charge in [-0.15, -0.1) is 0 Å². The first-order valence-electron chi connectivity index (χ1n) is 7.72. The molecule has 0 atom stereocenters. The van der Waals surface area contributed by atoms with Crippen molar-refractivity contribution in [1.82, 2.24) is 9.88 Å². The molecule has 8 heteroatoms. The summed E-state index contributed by atoms with van der Waals surface area (Å²) in [6, 6.07) is 5.69. The number of carbonyl (C=O) groups is 1. The normalized spacial score (nSPS) is 16.5. The number of ether oxygens (including phenoxy) is 1. The molecule has 1 aromatic carbocycles. The van der Waals surface area contributed by atoms with Crippen LogP contribution >= 0.6 is 0 Å². The van der Waals surface area contributed by atoms with Crippen LogP contribution in [0.4, 0.5) is 18.9 Å². The zero-order valence-electron chi connectivity index (χ0n) is 12.9. The first-order valence-corrected chi connectivity index (χ1v) is 7.72. The molecule has 1 amide bonds. The van der Waals surface area contributed by atoms with Crippen LogP contribution in [0.3, 0.4) is 0 Å². The fourth-order valence-electron chi connectivity index (χ4n) is 2.67. The van der Waals surface area contributed by atoms with Gasteiger partial charge in [0.1, 0.15) is 5.69 Å². The van der Waals surface area contributed by atoms with E-state index < -0.39 is 11.9 Å². The summed E-state index contributed by atoms with van der Waals surface area (Å²) in [6.07, 6.45) is -4.08. The number of carbonyl (C=O) groups excluding carboxylic acids is 1. The molecule has 0 spiro atoms. The molecule has 1 saturated heterocycles. The number of hydrogen-bond donors (Lipinski definition) is 2. The number of halogens is 3. The molecule has 3 rings (SSSR count). The number of nitrogens with zero attached hydrogens (tertiary/aromatic N) is 1. The summed E-state index contributed by atoms with van der Waals surface area (Å²) in [5.41, 5.74) is 0.0733. The number of aromatic nitrogens is 1. The summed E-state index contributed by atoms with van der Waals surface area (Å²) >= 11 is 0. The van der Waals surface area contributed by atoms with Crippen LogP contribution in [-0.4, -0.2) is 48.6 Å². The molecule has 1 aromatic heterocycles. The van der Waals surface area contributed by atoms with Crippen LogP contribution in [0.25, 0.3) is 10.9 Å². The molecule has 1 fully saturated rings.